The van der Waals surface area contributed by atoms with Crippen LogP contribution in [0.25, 0.3) is 0 Å². The molecule has 0 radical (unpaired) electrons. The van der Waals surface area contributed by atoms with Gasteiger partial charge in [0.1, 0.15) is 5.60 Å². The Hall–Kier alpha value is -2.29. The number of carbonyl (C=O) groups is 2. The molecule has 0 spiro atoms. The fraction of sp³-hybridized carbons (Fsp3) is 0.467. The fourth-order valence-electron chi connectivity index (χ4n) is 1.93. The molecule has 2 atom stereocenters. The molecule has 24 heavy (non-hydrogen) atoms. The van der Waals surface area contributed by atoms with E-state index in [1.54, 1.807) is 0 Å². The van der Waals surface area contributed by atoms with Crippen LogP contribution in [-0.2, 0) is 15.7 Å². The van der Waals surface area contributed by atoms with Crippen molar-refractivity contribution in [2.45, 2.75) is 44.7 Å². The minimum atomic E-state index is -4.79. The number of aliphatic hydroxyl groups excluding tert-OH is 1. The zero-order valence-electron chi connectivity index (χ0n) is 13.2. The summed E-state index contributed by atoms with van der Waals surface area (Å²) in [7, 11) is 0. The molecule has 0 saturated carbocycles. The maximum absolute atomic E-state index is 13.1. The molecular formula is C15H18F3NO5. The maximum Gasteiger partial charge on any atom is 0.416 e. The van der Waals surface area contributed by atoms with Gasteiger partial charge in [-0.05, 0) is 32.4 Å². The third-order valence-corrected chi connectivity index (χ3v) is 2.84. The average molecular weight is 349 g/mol. The van der Waals surface area contributed by atoms with Crippen LogP contribution in [0.15, 0.2) is 24.3 Å². The number of rotatable bonds is 4. The van der Waals surface area contributed by atoms with Gasteiger partial charge in [-0.15, -0.1) is 0 Å². The molecule has 1 rings (SSSR count). The van der Waals surface area contributed by atoms with Crippen LogP contribution in [-0.4, -0.2) is 34.0 Å². The van der Waals surface area contributed by atoms with E-state index in [0.29, 0.717) is 0 Å². The van der Waals surface area contributed by atoms with Crippen molar-refractivity contribution in [3.63, 3.8) is 0 Å². The molecule has 9 heteroatoms. The van der Waals surface area contributed by atoms with Crippen molar-refractivity contribution in [1.82, 2.24) is 5.32 Å². The van der Waals surface area contributed by atoms with E-state index in [9.17, 15) is 27.9 Å². The number of aliphatic carboxylic acids is 1. The summed E-state index contributed by atoms with van der Waals surface area (Å²) in [6.45, 7) is 4.58. The van der Waals surface area contributed by atoms with Crippen molar-refractivity contribution in [1.29, 1.82) is 0 Å². The van der Waals surface area contributed by atoms with Crippen LogP contribution in [0.2, 0.25) is 0 Å². The summed E-state index contributed by atoms with van der Waals surface area (Å²) in [4.78, 5) is 22.8. The van der Waals surface area contributed by atoms with E-state index in [1.165, 1.54) is 26.8 Å². The third kappa shape index (κ3) is 5.41. The Morgan fingerprint density at radius 2 is 1.71 bits per heavy atom. The van der Waals surface area contributed by atoms with Crippen LogP contribution in [0.5, 0.6) is 0 Å². The van der Waals surface area contributed by atoms with Gasteiger partial charge in [-0.3, -0.25) is 0 Å². The molecule has 1 aromatic rings. The first-order valence-electron chi connectivity index (χ1n) is 6.89. The van der Waals surface area contributed by atoms with Gasteiger partial charge in [0.05, 0.1) is 11.6 Å². The minimum absolute atomic E-state index is 0.578. The smallest absolute Gasteiger partial charge is 0.416 e. The molecule has 134 valence electrons. The Morgan fingerprint density at radius 1 is 1.17 bits per heavy atom. The normalized spacial score (nSPS) is 14.6. The van der Waals surface area contributed by atoms with Crippen LogP contribution in [0.4, 0.5) is 18.0 Å². The van der Waals surface area contributed by atoms with Crippen molar-refractivity contribution in [3.05, 3.63) is 35.4 Å². The molecule has 0 bridgehead atoms. The molecule has 0 aliphatic rings. The standard InChI is InChI=1S/C15H18F3NO5/c1-14(2,3)24-13(23)19-10(11(20)12(21)22)8-6-4-5-7-9(8)15(16,17)18/h4-7,10-11,20H,1-3H3,(H,19,23)(H,21,22)/t10-,11-/m0/s1. The van der Waals surface area contributed by atoms with Gasteiger partial charge in [0.25, 0.3) is 0 Å². The molecule has 6 nitrogen and oxygen atoms in total. The van der Waals surface area contributed by atoms with E-state index in [2.05, 4.69) is 0 Å². The predicted octanol–water partition coefficient (Wildman–Crippen LogP) is 2.72. The highest BCUT2D eigenvalue weighted by atomic mass is 19.4. The zero-order valence-corrected chi connectivity index (χ0v) is 13.2. The zero-order chi connectivity index (χ0) is 18.7. The van der Waals surface area contributed by atoms with Crippen LogP contribution >= 0.6 is 0 Å². The highest BCUT2D eigenvalue weighted by Gasteiger charge is 2.39. The van der Waals surface area contributed by atoms with Crippen molar-refractivity contribution >= 4 is 12.1 Å². The second-order valence-corrected chi connectivity index (χ2v) is 5.99. The first-order chi connectivity index (χ1) is 10.8. The molecule has 0 aliphatic carbocycles. The number of carbonyl (C=O) groups excluding carboxylic acids is 1. The quantitative estimate of drug-likeness (QED) is 0.777. The Kier molecular flexibility index (Phi) is 5.83. The van der Waals surface area contributed by atoms with Crippen molar-refractivity contribution in [3.8, 4) is 0 Å². The van der Waals surface area contributed by atoms with Crippen LogP contribution in [0.1, 0.15) is 37.9 Å². The van der Waals surface area contributed by atoms with Crippen LogP contribution in [0.3, 0.4) is 0 Å². The summed E-state index contributed by atoms with van der Waals surface area (Å²) in [6, 6.07) is 2.23. The molecule has 1 aromatic carbocycles. The van der Waals surface area contributed by atoms with Crippen LogP contribution in [0, 0.1) is 0 Å². The topological polar surface area (TPSA) is 95.9 Å². The van der Waals surface area contributed by atoms with Gasteiger partial charge in [-0.25, -0.2) is 9.59 Å². The van der Waals surface area contributed by atoms with Crippen molar-refractivity contribution in [2.24, 2.45) is 0 Å². The molecule has 1 amide bonds. The number of hydrogen-bond donors (Lipinski definition) is 3. The molecule has 3 N–H and O–H groups in total. The number of hydrogen-bond acceptors (Lipinski definition) is 4. The van der Waals surface area contributed by atoms with Gasteiger partial charge in [0, 0.05) is 0 Å². The Balaban J connectivity index is 3.26. The molecule has 0 unspecified atom stereocenters. The largest absolute Gasteiger partial charge is 0.479 e. The molecular weight excluding hydrogens is 331 g/mol. The number of carboxylic acid groups (broad SMARTS) is 1. The number of carboxylic acids is 1. The first-order valence-corrected chi connectivity index (χ1v) is 6.89. The van der Waals surface area contributed by atoms with Gasteiger partial charge in [0.2, 0.25) is 0 Å². The number of nitrogens with one attached hydrogen (secondary N) is 1. The molecule has 0 saturated heterocycles. The summed E-state index contributed by atoms with van der Waals surface area (Å²) < 4.78 is 44.2. The SMILES string of the molecule is CC(C)(C)OC(=O)N[C@@H](c1ccccc1C(F)(F)F)[C@H](O)C(=O)O. The monoisotopic (exact) mass is 349 g/mol. The molecule has 0 heterocycles. The van der Waals surface area contributed by atoms with Crippen molar-refractivity contribution in [2.75, 3.05) is 0 Å². The van der Waals surface area contributed by atoms with Crippen molar-refractivity contribution < 1.29 is 37.7 Å². The number of ether oxygens (including phenoxy) is 1. The van der Waals surface area contributed by atoms with Gasteiger partial charge in [0.15, 0.2) is 6.10 Å². The fourth-order valence-corrected chi connectivity index (χ4v) is 1.93. The summed E-state index contributed by atoms with van der Waals surface area (Å²) in [6.07, 6.45) is -8.23. The van der Waals surface area contributed by atoms with Gasteiger partial charge >= 0.3 is 18.2 Å². The molecule has 0 aliphatic heterocycles. The van der Waals surface area contributed by atoms with E-state index in [0.717, 1.165) is 18.2 Å². The Labute approximate surface area is 136 Å². The number of amides is 1. The maximum atomic E-state index is 13.1. The molecule has 0 fully saturated rings. The minimum Gasteiger partial charge on any atom is -0.479 e. The van der Waals surface area contributed by atoms with Gasteiger partial charge in [-0.2, -0.15) is 13.2 Å². The van der Waals surface area contributed by atoms with Gasteiger partial charge < -0.3 is 20.3 Å². The number of alkyl halides is 3. The Morgan fingerprint density at radius 3 is 2.17 bits per heavy atom. The lowest BCUT2D eigenvalue weighted by atomic mass is 9.96. The summed E-state index contributed by atoms with van der Waals surface area (Å²) in [5, 5.41) is 20.7. The molecule has 0 aromatic heterocycles. The highest BCUT2D eigenvalue weighted by Crippen LogP contribution is 2.35. The second-order valence-electron chi connectivity index (χ2n) is 5.99. The van der Waals surface area contributed by atoms with E-state index >= 15 is 0 Å². The van der Waals surface area contributed by atoms with E-state index in [4.69, 9.17) is 9.84 Å². The highest BCUT2D eigenvalue weighted by molar-refractivity contribution is 5.76. The summed E-state index contributed by atoms with van der Waals surface area (Å²) in [5.41, 5.74) is -2.69. The lowest BCUT2D eigenvalue weighted by Crippen LogP contribution is -2.43. The van der Waals surface area contributed by atoms with Gasteiger partial charge in [-0.1, -0.05) is 18.2 Å². The number of benzene rings is 1. The third-order valence-electron chi connectivity index (χ3n) is 2.84. The number of alkyl carbamates (subject to hydrolysis) is 1. The summed E-state index contributed by atoms with van der Waals surface area (Å²) in [5.74, 6) is -1.78. The summed E-state index contributed by atoms with van der Waals surface area (Å²) >= 11 is 0. The first kappa shape index (κ1) is 19.8. The lowest BCUT2D eigenvalue weighted by Gasteiger charge is -2.27. The predicted molar refractivity (Wildman–Crippen MR) is 77.2 cm³/mol. The number of halogens is 3. The van der Waals surface area contributed by atoms with E-state index < -0.39 is 47.1 Å². The average Bonchev–Trinajstić information content (AvgIpc) is 2.41. The van der Waals surface area contributed by atoms with E-state index in [-0.39, 0.29) is 0 Å². The number of aliphatic hydroxyl groups is 1. The second kappa shape index (κ2) is 7.08. The lowest BCUT2D eigenvalue weighted by molar-refractivity contribution is -0.149. The van der Waals surface area contributed by atoms with Crippen LogP contribution < -0.4 is 5.32 Å². The Bertz CT molecular complexity index is 610. The van der Waals surface area contributed by atoms with E-state index in [1.807, 2.05) is 5.32 Å².